The largest absolute Gasteiger partial charge is 0.497 e. The van der Waals surface area contributed by atoms with Crippen molar-refractivity contribution < 1.29 is 57.4 Å². The van der Waals surface area contributed by atoms with Gasteiger partial charge in [0.1, 0.15) is 11.5 Å². The number of nitrogens with one attached hydrogen (secondary N) is 2. The number of unbranched alkanes of at least 4 members (excludes halogenated alkanes) is 8. The van der Waals surface area contributed by atoms with Gasteiger partial charge in [0.25, 0.3) is 0 Å². The highest BCUT2D eigenvalue weighted by Gasteiger charge is 2.46. The molecule has 0 radical (unpaired) electrons. The highest BCUT2D eigenvalue weighted by molar-refractivity contribution is 6.30. The van der Waals surface area contributed by atoms with Gasteiger partial charge in [-0.25, -0.2) is 19.2 Å². The number of benzene rings is 2. The minimum absolute atomic E-state index is 0.0492. The average Bonchev–Trinajstić information content (AvgIpc) is 3.41. The summed E-state index contributed by atoms with van der Waals surface area (Å²) < 4.78 is 22.0. The number of ether oxygens (including phenoxy) is 4. The maximum atomic E-state index is 14.7. The van der Waals surface area contributed by atoms with Crippen LogP contribution < -0.4 is 20.1 Å². The number of fused-ring (bicyclic) bond motifs is 2. The molecule has 2 N–H and O–H groups in total. The molecule has 2 saturated heterocycles. The van der Waals surface area contributed by atoms with Gasteiger partial charge in [-0.05, 0) is 101 Å². The van der Waals surface area contributed by atoms with Gasteiger partial charge in [0.2, 0.25) is 0 Å². The number of pyridine rings is 2. The molecule has 2 aliphatic heterocycles. The van der Waals surface area contributed by atoms with Gasteiger partial charge in [-0.2, -0.15) is 0 Å². The Balaban J connectivity index is 1.33. The van der Waals surface area contributed by atoms with E-state index in [4.69, 9.17) is 28.6 Å². The Hall–Kier alpha value is -6.80. The Morgan fingerprint density at radius 1 is 0.568 bits per heavy atom. The van der Waals surface area contributed by atoms with Crippen molar-refractivity contribution in [2.75, 3.05) is 77.3 Å². The van der Waals surface area contributed by atoms with Crippen LogP contribution in [0.5, 0.6) is 11.5 Å². The average molecular weight is 1030 g/mol. The van der Waals surface area contributed by atoms with Gasteiger partial charge in [-0.3, -0.25) is 19.6 Å². The third-order valence-corrected chi connectivity index (χ3v) is 13.6. The van der Waals surface area contributed by atoms with Gasteiger partial charge in [0.15, 0.2) is 0 Å². The van der Waals surface area contributed by atoms with E-state index in [0.29, 0.717) is 69.6 Å². The monoisotopic (exact) mass is 1030 g/mol. The number of aromatic nitrogens is 2. The molecule has 6 rings (SSSR count). The maximum absolute atomic E-state index is 14.7. The second-order valence-corrected chi connectivity index (χ2v) is 18.6. The SMILES string of the molecule is CCCCCCCN1CC[C@@H](N(OC(=O)C(=O)ON(C(=O)Nc2ccnc3ccc(OC)cc23)[C@@H]2CCN(CCCCCCC)C[C@H]2C(=O)OCC)C(=O)Nc2ccnc3ccc(OC)cc23)[C@H](C(=O)OCC)C1. The molecule has 402 valence electrons. The van der Waals surface area contributed by atoms with Crippen molar-refractivity contribution in [3.05, 3.63) is 60.9 Å². The Morgan fingerprint density at radius 3 is 1.35 bits per heavy atom. The van der Waals surface area contributed by atoms with Crippen LogP contribution in [-0.4, -0.2) is 145 Å². The molecule has 0 bridgehead atoms. The van der Waals surface area contributed by atoms with Crippen LogP contribution in [0.4, 0.5) is 21.0 Å². The van der Waals surface area contributed by atoms with Crippen molar-refractivity contribution in [1.82, 2.24) is 29.9 Å². The molecule has 20 nitrogen and oxygen atoms in total. The van der Waals surface area contributed by atoms with E-state index in [1.807, 2.05) is 0 Å². The molecule has 74 heavy (non-hydrogen) atoms. The molecule has 2 aromatic carbocycles. The summed E-state index contributed by atoms with van der Waals surface area (Å²) in [7, 11) is 3.01. The van der Waals surface area contributed by atoms with E-state index in [1.165, 1.54) is 26.6 Å². The summed E-state index contributed by atoms with van der Waals surface area (Å²) in [5, 5.41) is 7.98. The van der Waals surface area contributed by atoms with Crippen LogP contribution in [0, 0.1) is 11.8 Å². The number of carbonyl (C=O) groups excluding carboxylic acids is 6. The number of urea groups is 2. The lowest BCUT2D eigenvalue weighted by atomic mass is 9.91. The van der Waals surface area contributed by atoms with Crippen molar-refractivity contribution in [2.45, 2.75) is 117 Å². The number of nitrogens with zero attached hydrogens (tertiary/aromatic N) is 6. The van der Waals surface area contributed by atoms with Crippen LogP contribution in [0.1, 0.15) is 105 Å². The molecular weight excluding hydrogens is 953 g/mol. The van der Waals surface area contributed by atoms with Crippen molar-refractivity contribution in [3.63, 3.8) is 0 Å². The molecule has 0 aliphatic carbocycles. The van der Waals surface area contributed by atoms with Crippen LogP contribution in [-0.2, 0) is 38.3 Å². The van der Waals surface area contributed by atoms with Crippen molar-refractivity contribution in [1.29, 1.82) is 0 Å². The number of hydroxylamine groups is 4. The fourth-order valence-corrected chi connectivity index (χ4v) is 9.66. The van der Waals surface area contributed by atoms with E-state index in [-0.39, 0.29) is 50.5 Å². The first-order valence-corrected chi connectivity index (χ1v) is 26.2. The number of methoxy groups -OCH3 is 2. The zero-order valence-electron chi connectivity index (χ0n) is 43.8. The Kier molecular flexibility index (Phi) is 21.8. The quantitative estimate of drug-likeness (QED) is 0.0326. The van der Waals surface area contributed by atoms with E-state index in [2.05, 4.69) is 44.2 Å². The summed E-state index contributed by atoms with van der Waals surface area (Å²) in [6.45, 7) is 10.3. The zero-order valence-corrected chi connectivity index (χ0v) is 43.8. The molecule has 0 unspecified atom stereocenters. The minimum atomic E-state index is -1.68. The smallest absolute Gasteiger partial charge is 0.444 e. The van der Waals surface area contributed by atoms with E-state index < -0.39 is 59.9 Å². The molecule has 4 amide bonds. The first-order chi connectivity index (χ1) is 35.9. The standard InChI is InChI=1S/C54H74N8O12/c1-7-11-13-15-17-29-59-31-25-47(41(35-59)49(63)71-9-3)61(53(67)57-45-23-27-55-43-21-19-37(69-5)33-39(43)45)73-51(65)52(66)74-62(54(68)58-46-24-28-56-44-22-20-38(70-6)34-40(44)46)48-26-32-60(30-18-16-14-12-8-2)36-42(48)50(64)72-10-4/h19-24,27-28,33-34,41-42,47-48H,7-18,25-26,29-32,35-36H2,1-6H3,(H,55,57,67)(H,56,58,68)/t41-,42-,47-,48-/m1/s1. The molecule has 20 heteroatoms. The third kappa shape index (κ3) is 15.1. The predicted molar refractivity (Wildman–Crippen MR) is 278 cm³/mol. The summed E-state index contributed by atoms with van der Waals surface area (Å²) >= 11 is 0. The first kappa shape index (κ1) is 56.5. The third-order valence-electron chi connectivity index (χ3n) is 13.6. The van der Waals surface area contributed by atoms with Crippen LogP contribution in [0.25, 0.3) is 21.8 Å². The van der Waals surface area contributed by atoms with Crippen LogP contribution in [0.15, 0.2) is 60.9 Å². The van der Waals surface area contributed by atoms with Gasteiger partial charge in [-0.1, -0.05) is 65.2 Å². The topological polar surface area (TPSA) is 221 Å². The van der Waals surface area contributed by atoms with Crippen LogP contribution in [0.3, 0.4) is 0 Å². The van der Waals surface area contributed by atoms with E-state index in [0.717, 1.165) is 64.2 Å². The van der Waals surface area contributed by atoms with Gasteiger partial charge < -0.3 is 49.1 Å². The summed E-state index contributed by atoms with van der Waals surface area (Å²) in [5.74, 6) is -5.66. The van der Waals surface area contributed by atoms with Crippen molar-refractivity contribution in [2.24, 2.45) is 11.8 Å². The number of esters is 2. The molecule has 2 aliphatic rings. The minimum Gasteiger partial charge on any atom is -0.497 e. The number of rotatable bonds is 22. The number of hydrogen-bond acceptors (Lipinski definition) is 16. The van der Waals surface area contributed by atoms with E-state index in [9.17, 15) is 28.8 Å². The Labute approximate surface area is 433 Å². The first-order valence-electron chi connectivity index (χ1n) is 26.2. The lowest BCUT2D eigenvalue weighted by Crippen LogP contribution is -2.58. The number of carbonyl (C=O) groups is 6. The van der Waals surface area contributed by atoms with Crippen molar-refractivity contribution in [3.8, 4) is 11.5 Å². The van der Waals surface area contributed by atoms with Crippen molar-refractivity contribution >= 4 is 69.1 Å². The molecular formula is C54H74N8O12. The zero-order chi connectivity index (χ0) is 53.0. The Bertz CT molecular complexity index is 2360. The Morgan fingerprint density at radius 2 is 0.973 bits per heavy atom. The highest BCUT2D eigenvalue weighted by atomic mass is 16.8. The highest BCUT2D eigenvalue weighted by Crippen LogP contribution is 2.32. The van der Waals surface area contributed by atoms with Gasteiger partial charge in [-0.15, -0.1) is 10.1 Å². The second-order valence-electron chi connectivity index (χ2n) is 18.6. The van der Waals surface area contributed by atoms with Gasteiger partial charge in [0, 0.05) is 49.3 Å². The molecule has 4 heterocycles. The number of amides is 4. The fourth-order valence-electron chi connectivity index (χ4n) is 9.66. The van der Waals surface area contributed by atoms with Crippen LogP contribution in [0.2, 0.25) is 0 Å². The fraction of sp³-hybridized carbons (Fsp3) is 0.556. The lowest BCUT2D eigenvalue weighted by Gasteiger charge is -2.41. The normalized spacial score (nSPS) is 18.0. The molecule has 0 saturated carbocycles. The summed E-state index contributed by atoms with van der Waals surface area (Å²) in [6, 6.07) is 9.09. The molecule has 4 aromatic rings. The maximum Gasteiger partial charge on any atom is 0.444 e. The lowest BCUT2D eigenvalue weighted by molar-refractivity contribution is -0.218. The van der Waals surface area contributed by atoms with Crippen LogP contribution >= 0.6 is 0 Å². The molecule has 2 fully saturated rings. The van der Waals surface area contributed by atoms with E-state index in [1.54, 1.807) is 62.4 Å². The second kappa shape index (κ2) is 28.6. The van der Waals surface area contributed by atoms with E-state index >= 15 is 0 Å². The number of likely N-dealkylation sites (tertiary alicyclic amines) is 2. The molecule has 2 aromatic heterocycles. The number of hydrogen-bond donors (Lipinski definition) is 2. The molecule has 0 spiro atoms. The molecule has 4 atom stereocenters. The van der Waals surface area contributed by atoms with Gasteiger partial charge in [0.05, 0.1) is 73.8 Å². The summed E-state index contributed by atoms with van der Waals surface area (Å²) in [4.78, 5) is 111. The van der Waals surface area contributed by atoms with Gasteiger partial charge >= 0.3 is 35.9 Å². The summed E-state index contributed by atoms with van der Waals surface area (Å²) in [6.07, 6.45) is 13.7. The number of piperidine rings is 2. The number of anilines is 2. The summed E-state index contributed by atoms with van der Waals surface area (Å²) in [5.41, 5.74) is 1.56. The predicted octanol–water partition coefficient (Wildman–Crippen LogP) is 8.53.